The van der Waals surface area contributed by atoms with Gasteiger partial charge in [0.05, 0.1) is 12.2 Å². The number of hydrogen-bond acceptors (Lipinski definition) is 34. The zero-order valence-electron chi connectivity index (χ0n) is 72.8. The summed E-state index contributed by atoms with van der Waals surface area (Å²) in [5.74, 6) is 5.92. The van der Waals surface area contributed by atoms with Crippen LogP contribution in [0.3, 0.4) is 0 Å². The topological polar surface area (TPSA) is 761 Å². The normalized spacial score (nSPS) is 21.5. The highest BCUT2D eigenvalue weighted by Gasteiger charge is 2.34. The van der Waals surface area contributed by atoms with Gasteiger partial charge in [-0.3, -0.25) is 0 Å². The van der Waals surface area contributed by atoms with Crippen LogP contribution in [0, 0.1) is 94.7 Å². The van der Waals surface area contributed by atoms with Crippen LogP contribution in [-0.2, 0) is 0 Å². The van der Waals surface area contributed by atoms with Gasteiger partial charge >= 0.3 is 0 Å². The minimum atomic E-state index is -0.618. The van der Waals surface area contributed by atoms with E-state index in [0.717, 1.165) is 65.2 Å². The summed E-state index contributed by atoms with van der Waals surface area (Å²) in [5.41, 5.74) is 143. The van der Waals surface area contributed by atoms with E-state index in [1.54, 1.807) is 0 Å². The third kappa shape index (κ3) is 47.3. The van der Waals surface area contributed by atoms with Crippen LogP contribution in [0.25, 0.3) is 0 Å². The van der Waals surface area contributed by atoms with Gasteiger partial charge in [0.15, 0.2) is 0 Å². The molecule has 0 aromatic rings. The Balaban J connectivity index is -0.000000688. The summed E-state index contributed by atoms with van der Waals surface area (Å²) in [5, 5.41) is 47.8. The average molecular weight is 1590 g/mol. The first-order valence-corrected chi connectivity index (χ1v) is 42.2. The van der Waals surface area contributed by atoms with Gasteiger partial charge in [-0.25, -0.2) is 0 Å². The molecule has 34 atom stereocenters. The van der Waals surface area contributed by atoms with Crippen LogP contribution >= 0.6 is 0 Å². The molecule has 0 fully saturated rings. The molecule has 0 saturated heterocycles. The maximum atomic E-state index is 10.4. The van der Waals surface area contributed by atoms with Crippen molar-refractivity contribution < 1.29 is 10.2 Å². The molecule has 0 rings (SSSR count). The fourth-order valence-corrected chi connectivity index (χ4v) is 14.8. The molecule has 0 aromatic heterocycles. The van der Waals surface area contributed by atoms with Crippen molar-refractivity contribution in [2.75, 3.05) is 157 Å². The number of nitrogens with one attached hydrogen (secondary N) is 8. The lowest BCUT2D eigenvalue weighted by Gasteiger charge is -2.35. The molecular weight excluding hydrogens is 1390 g/mol. The molecule has 0 aliphatic heterocycles. The van der Waals surface area contributed by atoms with E-state index in [1.807, 2.05) is 55.4 Å². The molecule has 58 N–H and O–H groups in total. The number of hydrogen-bond donors (Lipinski definition) is 34. The van der Waals surface area contributed by atoms with Gasteiger partial charge in [-0.1, -0.05) is 55.4 Å². The first-order valence-electron chi connectivity index (χ1n) is 42.2. The minimum absolute atomic E-state index is 0.00110. The molecule has 0 heterocycles. The van der Waals surface area contributed by atoms with Crippen LogP contribution in [0.2, 0.25) is 0 Å². The second-order valence-electron chi connectivity index (χ2n) is 33.7. The Labute approximate surface area is 671 Å². The summed E-state index contributed by atoms with van der Waals surface area (Å²) < 4.78 is 0. The average Bonchev–Trinajstić information content (AvgIpc) is 0.876. The second kappa shape index (κ2) is 67.5. The second-order valence-corrected chi connectivity index (χ2v) is 33.7. The summed E-state index contributed by atoms with van der Waals surface area (Å²) in [7, 11) is 0. The third-order valence-electron chi connectivity index (χ3n) is 24.0. The fourth-order valence-electron chi connectivity index (χ4n) is 14.8. The van der Waals surface area contributed by atoms with Crippen molar-refractivity contribution in [1.29, 1.82) is 0 Å². The Hall–Kier alpha value is -1.36. The largest absolute Gasteiger partial charge is 0.390 e. The van der Waals surface area contributed by atoms with Crippen molar-refractivity contribution in [3.8, 4) is 0 Å². The summed E-state index contributed by atoms with van der Waals surface area (Å²) >= 11 is 0. The van der Waals surface area contributed by atoms with E-state index in [2.05, 4.69) is 97.9 Å². The standard InChI is InChI=1S/C23H56N8O.C23H56N8.C15H40N8O.C15H40N8/c1-15(5-24)20(8-27)22(10-29)18(4)11-30-12-19(32)13-31-14-23(17(3)7-26)21(9-28)16(2)6-25;1-16(8-24)20(11-27)22(13-29)19(4)14-30-6-5-7-31-15-23(18(3)10-26)21(12-28)17(2)9-25;1-7(16)12(19)14(21)10(4)22-5-11(24)6-23-15(9(3)18)13(20)8(2)17;1-8(16)12(19)14(21)11(4)22-6-5-7-23-15(10(3)18)13(20)9(2)17/h15-23,30-32H,5-14,24-29H2,1-4H3;16-23,30-31H,5-15,24-29H2,1-4H3;7-15,22-24H,5-6,16-21H2,1-4H3;8-15,22-23H,5-7,16-21H2,1-4H3. The Bertz CT molecular complexity index is 2020. The lowest BCUT2D eigenvalue weighted by Crippen LogP contribution is -2.62. The van der Waals surface area contributed by atoms with E-state index in [0.29, 0.717) is 199 Å². The summed E-state index contributed by atoms with van der Waals surface area (Å²) in [6.07, 6.45) is 0.902. The SMILES string of the molecule is CC(CN)C(CN)C(CN)C(C)CNCC(O)CNCC(C(C)CN)C(CN)C(C)CN.CC(CN)C(CN)C(CN)C(C)CNCCCNCC(C(C)CN)C(CN)C(C)CN.CC(N)C(N)C(N)C(C)NCC(O)CNC(C(C)N)C(N)C(C)N.CC(N)C(N)C(N)C(C)NCCCNC(C(C)N)C(N)C(C)N. The van der Waals surface area contributed by atoms with Crippen molar-refractivity contribution >= 4 is 0 Å². The van der Waals surface area contributed by atoms with Gasteiger partial charge in [-0.15, -0.1) is 0 Å². The Morgan fingerprint density at radius 1 is 0.209 bits per heavy atom. The predicted octanol–water partition coefficient (Wildman–Crippen LogP) is -8.75. The molecular formula is C76H192N32O2. The molecule has 34 unspecified atom stereocenters. The fraction of sp³-hybridized carbons (Fsp3) is 1.00. The maximum absolute atomic E-state index is 10.4. The highest BCUT2D eigenvalue weighted by Crippen LogP contribution is 2.29. The van der Waals surface area contributed by atoms with E-state index in [9.17, 15) is 10.2 Å². The molecule has 0 spiro atoms. The van der Waals surface area contributed by atoms with E-state index in [1.165, 1.54) is 0 Å². The molecule has 0 aromatic carbocycles. The van der Waals surface area contributed by atoms with Gasteiger partial charge in [0.25, 0.3) is 0 Å². The molecule has 34 nitrogen and oxygen atoms in total. The number of aliphatic hydroxyl groups is 2. The van der Waals surface area contributed by atoms with Gasteiger partial charge in [0.1, 0.15) is 0 Å². The van der Waals surface area contributed by atoms with Crippen molar-refractivity contribution in [2.24, 2.45) is 232 Å². The summed E-state index contributed by atoms with van der Waals surface area (Å²) in [6.45, 7) is 49.0. The van der Waals surface area contributed by atoms with Gasteiger partial charge in [-0.2, -0.15) is 0 Å². The predicted molar refractivity (Wildman–Crippen MR) is 471 cm³/mol. The minimum Gasteiger partial charge on any atom is -0.390 e. The van der Waals surface area contributed by atoms with Crippen molar-refractivity contribution in [1.82, 2.24) is 42.5 Å². The van der Waals surface area contributed by atoms with Crippen molar-refractivity contribution in [3.63, 3.8) is 0 Å². The smallest absolute Gasteiger partial charge is 0.0788 e. The lowest BCUT2D eigenvalue weighted by atomic mass is 9.75. The Kier molecular flexibility index (Phi) is 70.6. The number of aliphatic hydroxyl groups excluding tert-OH is 2. The maximum Gasteiger partial charge on any atom is 0.0788 e. The highest BCUT2D eigenvalue weighted by molar-refractivity contribution is 4.95. The molecule has 668 valence electrons. The number of nitrogens with two attached hydrogens (primary N) is 24. The van der Waals surface area contributed by atoms with Crippen molar-refractivity contribution in [2.45, 2.75) is 232 Å². The van der Waals surface area contributed by atoms with Crippen LogP contribution in [-0.4, -0.2) is 276 Å². The summed E-state index contributed by atoms with van der Waals surface area (Å²) in [6, 6.07) is -2.45. The molecule has 34 heteroatoms. The third-order valence-corrected chi connectivity index (χ3v) is 24.0. The zero-order chi connectivity index (χ0) is 85.7. The van der Waals surface area contributed by atoms with Gasteiger partial charge in [0, 0.05) is 123 Å². The molecule has 110 heavy (non-hydrogen) atoms. The highest BCUT2D eigenvalue weighted by atomic mass is 16.3. The van der Waals surface area contributed by atoms with Gasteiger partial charge < -0.3 is 190 Å². The lowest BCUT2D eigenvalue weighted by molar-refractivity contribution is 0.143. The van der Waals surface area contributed by atoms with E-state index < -0.39 is 12.2 Å². The van der Waals surface area contributed by atoms with Crippen LogP contribution in [0.4, 0.5) is 0 Å². The first kappa shape index (κ1) is 115. The van der Waals surface area contributed by atoms with Crippen LogP contribution in [0.5, 0.6) is 0 Å². The van der Waals surface area contributed by atoms with Crippen LogP contribution < -0.4 is 180 Å². The first-order chi connectivity index (χ1) is 51.6. The van der Waals surface area contributed by atoms with E-state index in [-0.39, 0.29) is 96.7 Å². The number of rotatable bonds is 64. The quantitative estimate of drug-likeness (QED) is 0.0252. The molecule has 0 saturated carbocycles. The Morgan fingerprint density at radius 2 is 0.455 bits per heavy atom. The van der Waals surface area contributed by atoms with Crippen LogP contribution in [0.1, 0.15) is 124 Å². The monoisotopic (exact) mass is 1590 g/mol. The molecule has 0 radical (unpaired) electrons. The molecule has 0 aliphatic carbocycles. The van der Waals surface area contributed by atoms with Crippen LogP contribution in [0.15, 0.2) is 0 Å². The molecule has 0 amide bonds. The molecule has 0 aliphatic rings. The molecule has 0 bridgehead atoms. The van der Waals surface area contributed by atoms with Gasteiger partial charge in [-0.05, 0) is 294 Å². The van der Waals surface area contributed by atoms with E-state index >= 15 is 0 Å². The van der Waals surface area contributed by atoms with Gasteiger partial charge in [0.2, 0.25) is 0 Å². The Morgan fingerprint density at radius 3 is 0.782 bits per heavy atom. The van der Waals surface area contributed by atoms with Crippen molar-refractivity contribution in [3.05, 3.63) is 0 Å². The summed E-state index contributed by atoms with van der Waals surface area (Å²) in [4.78, 5) is 0. The zero-order valence-corrected chi connectivity index (χ0v) is 72.8. The van der Waals surface area contributed by atoms with E-state index in [4.69, 9.17) is 138 Å².